The second-order valence-electron chi connectivity index (χ2n) is 6.44. The molecule has 1 heterocycles. The lowest BCUT2D eigenvalue weighted by Gasteiger charge is -2.27. The first-order valence-corrected chi connectivity index (χ1v) is 8.36. The van der Waals surface area contributed by atoms with Crippen LogP contribution in [0.1, 0.15) is 46.9 Å². The van der Waals surface area contributed by atoms with Gasteiger partial charge in [-0.1, -0.05) is 36.4 Å². The van der Waals surface area contributed by atoms with Crippen molar-refractivity contribution in [1.29, 1.82) is 0 Å². The fraction of sp³-hybridized carbons (Fsp3) is 0.350. The van der Waals surface area contributed by atoms with E-state index in [0.717, 1.165) is 24.0 Å². The van der Waals surface area contributed by atoms with Crippen molar-refractivity contribution in [3.8, 4) is 0 Å². The zero-order valence-corrected chi connectivity index (χ0v) is 13.8. The molecule has 1 fully saturated rings. The smallest absolute Gasteiger partial charge is 0.257 e. The van der Waals surface area contributed by atoms with E-state index in [9.17, 15) is 14.3 Å². The first kappa shape index (κ1) is 16.7. The van der Waals surface area contributed by atoms with Crippen molar-refractivity contribution in [3.05, 3.63) is 71.0 Å². The van der Waals surface area contributed by atoms with Crippen molar-refractivity contribution < 1.29 is 14.3 Å². The molecule has 0 spiro atoms. The van der Waals surface area contributed by atoms with Crippen molar-refractivity contribution in [2.24, 2.45) is 0 Å². The highest BCUT2D eigenvalue weighted by Gasteiger charge is 2.32. The van der Waals surface area contributed by atoms with Crippen LogP contribution in [0.4, 0.5) is 4.39 Å². The minimum atomic E-state index is -0.618. The summed E-state index contributed by atoms with van der Waals surface area (Å²) in [5.41, 5.74) is 1.75. The largest absolute Gasteiger partial charge is 0.388 e. The minimum absolute atomic E-state index is 0.0617. The van der Waals surface area contributed by atoms with Crippen molar-refractivity contribution in [1.82, 2.24) is 4.90 Å². The van der Waals surface area contributed by atoms with Crippen LogP contribution in [0.15, 0.2) is 48.5 Å². The van der Waals surface area contributed by atoms with E-state index >= 15 is 0 Å². The number of halogens is 1. The molecule has 24 heavy (non-hydrogen) atoms. The third-order valence-corrected chi connectivity index (χ3v) is 4.67. The van der Waals surface area contributed by atoms with E-state index in [2.05, 4.69) is 0 Å². The van der Waals surface area contributed by atoms with E-state index in [1.807, 2.05) is 30.3 Å². The number of aliphatic hydroxyl groups excluding tert-OH is 1. The molecule has 0 aromatic heterocycles. The summed E-state index contributed by atoms with van der Waals surface area (Å²) < 4.78 is 14.1. The van der Waals surface area contributed by atoms with Gasteiger partial charge in [-0.05, 0) is 49.4 Å². The standard InChI is InChI=1S/C20H22FNO2/c1-14-9-10-17(18(21)12-14)20(24)22-11-5-8-16(22)13-19(23)15-6-3-2-4-7-15/h2-4,6-7,9-10,12,16,19,23H,5,8,11,13H2,1H3. The Hall–Kier alpha value is -2.20. The third kappa shape index (κ3) is 3.49. The molecular formula is C20H22FNO2. The summed E-state index contributed by atoms with van der Waals surface area (Å²) in [5, 5.41) is 10.4. The average molecular weight is 327 g/mol. The molecule has 0 aliphatic carbocycles. The lowest BCUT2D eigenvalue weighted by Crippen LogP contribution is -2.37. The normalized spacial score (nSPS) is 18.6. The third-order valence-electron chi connectivity index (χ3n) is 4.67. The molecule has 3 rings (SSSR count). The number of aryl methyl sites for hydroxylation is 1. The molecule has 2 unspecified atom stereocenters. The van der Waals surface area contributed by atoms with Crippen molar-refractivity contribution >= 4 is 5.91 Å². The Morgan fingerprint density at radius 1 is 1.29 bits per heavy atom. The topological polar surface area (TPSA) is 40.5 Å². The van der Waals surface area contributed by atoms with Gasteiger partial charge in [0, 0.05) is 12.6 Å². The highest BCUT2D eigenvalue weighted by molar-refractivity contribution is 5.95. The summed E-state index contributed by atoms with van der Waals surface area (Å²) in [6.45, 7) is 2.41. The zero-order valence-electron chi connectivity index (χ0n) is 13.8. The second kappa shape index (κ2) is 7.14. The number of benzene rings is 2. The Bertz CT molecular complexity index is 717. The van der Waals surface area contributed by atoms with Crippen LogP contribution < -0.4 is 0 Å². The number of carbonyl (C=O) groups is 1. The maximum absolute atomic E-state index is 14.1. The van der Waals surface area contributed by atoms with Crippen molar-refractivity contribution in [2.45, 2.75) is 38.3 Å². The quantitative estimate of drug-likeness (QED) is 0.926. The number of likely N-dealkylation sites (tertiary alicyclic amines) is 1. The Balaban J connectivity index is 1.74. The van der Waals surface area contributed by atoms with Gasteiger partial charge in [-0.15, -0.1) is 0 Å². The van der Waals surface area contributed by atoms with Crippen LogP contribution in [0, 0.1) is 12.7 Å². The van der Waals surface area contributed by atoms with E-state index in [-0.39, 0.29) is 17.5 Å². The van der Waals surface area contributed by atoms with Crippen LogP contribution in [-0.4, -0.2) is 28.5 Å². The summed E-state index contributed by atoms with van der Waals surface area (Å²) in [4.78, 5) is 14.4. The molecule has 0 saturated carbocycles. The van der Waals surface area contributed by atoms with Gasteiger partial charge < -0.3 is 10.0 Å². The Labute approximate surface area is 141 Å². The summed E-state index contributed by atoms with van der Waals surface area (Å²) in [6, 6.07) is 14.1. The summed E-state index contributed by atoms with van der Waals surface area (Å²) >= 11 is 0. The number of carbonyl (C=O) groups excluding carboxylic acids is 1. The van der Waals surface area contributed by atoms with E-state index in [1.54, 1.807) is 24.0 Å². The van der Waals surface area contributed by atoms with E-state index in [4.69, 9.17) is 0 Å². The summed E-state index contributed by atoms with van der Waals surface area (Å²) in [6.07, 6.45) is 1.57. The number of amides is 1. The second-order valence-corrected chi connectivity index (χ2v) is 6.44. The first-order chi connectivity index (χ1) is 11.6. The number of nitrogens with zero attached hydrogens (tertiary/aromatic N) is 1. The lowest BCUT2D eigenvalue weighted by atomic mass is 10.00. The van der Waals surface area contributed by atoms with Crippen LogP contribution in [0.3, 0.4) is 0 Å². The van der Waals surface area contributed by atoms with Crippen LogP contribution in [-0.2, 0) is 0 Å². The minimum Gasteiger partial charge on any atom is -0.388 e. The maximum Gasteiger partial charge on any atom is 0.257 e. The molecule has 3 nitrogen and oxygen atoms in total. The Morgan fingerprint density at radius 3 is 2.75 bits per heavy atom. The van der Waals surface area contributed by atoms with E-state index in [0.29, 0.717) is 13.0 Å². The SMILES string of the molecule is Cc1ccc(C(=O)N2CCCC2CC(O)c2ccccc2)c(F)c1. The maximum atomic E-state index is 14.1. The molecule has 0 radical (unpaired) electrons. The van der Waals surface area contributed by atoms with Gasteiger partial charge in [0.15, 0.2) is 0 Å². The molecular weight excluding hydrogens is 305 g/mol. The number of hydrogen-bond acceptors (Lipinski definition) is 2. The van der Waals surface area contributed by atoms with Gasteiger partial charge in [0.05, 0.1) is 11.7 Å². The molecule has 4 heteroatoms. The number of hydrogen-bond donors (Lipinski definition) is 1. The Morgan fingerprint density at radius 2 is 2.04 bits per heavy atom. The average Bonchev–Trinajstić information content (AvgIpc) is 3.03. The molecule has 1 amide bonds. The van der Waals surface area contributed by atoms with Gasteiger partial charge >= 0.3 is 0 Å². The van der Waals surface area contributed by atoms with Crippen LogP contribution >= 0.6 is 0 Å². The molecule has 2 aromatic rings. The molecule has 1 aliphatic heterocycles. The predicted molar refractivity (Wildman–Crippen MR) is 91.2 cm³/mol. The number of aliphatic hydroxyl groups is 1. The highest BCUT2D eigenvalue weighted by Crippen LogP contribution is 2.29. The molecule has 2 atom stereocenters. The van der Waals surface area contributed by atoms with Gasteiger partial charge in [0.25, 0.3) is 5.91 Å². The van der Waals surface area contributed by atoms with E-state index in [1.165, 1.54) is 6.07 Å². The predicted octanol–water partition coefficient (Wildman–Crippen LogP) is 3.86. The van der Waals surface area contributed by atoms with Crippen molar-refractivity contribution in [2.75, 3.05) is 6.54 Å². The molecule has 126 valence electrons. The zero-order chi connectivity index (χ0) is 17.1. The van der Waals surface area contributed by atoms with E-state index < -0.39 is 11.9 Å². The monoisotopic (exact) mass is 327 g/mol. The van der Waals surface area contributed by atoms with Gasteiger partial charge in [0.2, 0.25) is 0 Å². The van der Waals surface area contributed by atoms with Gasteiger partial charge in [-0.2, -0.15) is 0 Å². The van der Waals surface area contributed by atoms with Crippen LogP contribution in [0.5, 0.6) is 0 Å². The fourth-order valence-corrected chi connectivity index (χ4v) is 3.37. The highest BCUT2D eigenvalue weighted by atomic mass is 19.1. The van der Waals surface area contributed by atoms with Crippen molar-refractivity contribution in [3.63, 3.8) is 0 Å². The number of rotatable bonds is 4. The fourth-order valence-electron chi connectivity index (χ4n) is 3.37. The Kier molecular flexibility index (Phi) is 4.95. The van der Waals surface area contributed by atoms with Gasteiger partial charge in [-0.25, -0.2) is 4.39 Å². The summed E-state index contributed by atoms with van der Waals surface area (Å²) in [7, 11) is 0. The summed E-state index contributed by atoms with van der Waals surface area (Å²) in [5.74, 6) is -0.760. The van der Waals surface area contributed by atoms with Gasteiger partial charge in [0.1, 0.15) is 5.82 Å². The molecule has 2 aromatic carbocycles. The lowest BCUT2D eigenvalue weighted by molar-refractivity contribution is 0.0662. The first-order valence-electron chi connectivity index (χ1n) is 8.36. The molecule has 1 aliphatic rings. The molecule has 0 bridgehead atoms. The molecule has 1 saturated heterocycles. The van der Waals surface area contributed by atoms with Crippen LogP contribution in [0.2, 0.25) is 0 Å². The molecule has 1 N–H and O–H groups in total. The van der Waals surface area contributed by atoms with Gasteiger partial charge in [-0.3, -0.25) is 4.79 Å². The van der Waals surface area contributed by atoms with Crippen LogP contribution in [0.25, 0.3) is 0 Å².